The van der Waals surface area contributed by atoms with Crippen LogP contribution in [0.2, 0.25) is 0 Å². The van der Waals surface area contributed by atoms with E-state index >= 15 is 0 Å². The molecule has 1 N–H and O–H groups in total. The zero-order chi connectivity index (χ0) is 15.6. The second kappa shape index (κ2) is 6.26. The Balaban J connectivity index is 2.62. The van der Waals surface area contributed by atoms with Gasteiger partial charge in [0, 0.05) is 17.7 Å². The Morgan fingerprint density at radius 3 is 2.24 bits per heavy atom. The van der Waals surface area contributed by atoms with Crippen LogP contribution in [0.15, 0.2) is 30.3 Å². The first-order chi connectivity index (χ1) is 9.93. The van der Waals surface area contributed by atoms with Crippen molar-refractivity contribution in [1.29, 1.82) is 0 Å². The number of halogens is 4. The molecule has 0 saturated carbocycles. The van der Waals surface area contributed by atoms with Crippen molar-refractivity contribution in [2.75, 3.05) is 6.54 Å². The van der Waals surface area contributed by atoms with Gasteiger partial charge in [0.05, 0.1) is 0 Å². The number of rotatable bonds is 4. The highest BCUT2D eigenvalue weighted by atomic mass is 19.2. The molecular formula is C16H15F4N. The average molecular weight is 297 g/mol. The molecule has 112 valence electrons. The molecule has 0 aliphatic rings. The average Bonchev–Trinajstić information content (AvgIpc) is 2.43. The van der Waals surface area contributed by atoms with Gasteiger partial charge in [-0.15, -0.1) is 0 Å². The van der Waals surface area contributed by atoms with Crippen molar-refractivity contribution in [3.8, 4) is 11.1 Å². The molecule has 0 radical (unpaired) electrons. The number of benzene rings is 2. The predicted octanol–water partition coefficient (Wildman–Crippen LogP) is 4.58. The van der Waals surface area contributed by atoms with Crippen molar-refractivity contribution in [2.45, 2.75) is 19.9 Å². The molecule has 0 heterocycles. The number of hydrogen-bond acceptors (Lipinski definition) is 1. The van der Waals surface area contributed by atoms with Crippen molar-refractivity contribution < 1.29 is 17.6 Å². The first-order valence-corrected chi connectivity index (χ1v) is 6.61. The highest BCUT2D eigenvalue weighted by Crippen LogP contribution is 2.32. The summed E-state index contributed by atoms with van der Waals surface area (Å²) < 4.78 is 53.8. The lowest BCUT2D eigenvalue weighted by atomic mass is 9.94. The van der Waals surface area contributed by atoms with Gasteiger partial charge in [-0.3, -0.25) is 0 Å². The molecule has 0 bridgehead atoms. The minimum atomic E-state index is -1.27. The van der Waals surface area contributed by atoms with E-state index in [-0.39, 0.29) is 17.2 Å². The molecule has 21 heavy (non-hydrogen) atoms. The molecule has 0 fully saturated rings. The maximum absolute atomic E-state index is 13.9. The summed E-state index contributed by atoms with van der Waals surface area (Å²) in [5.41, 5.74) is 0.663. The summed E-state index contributed by atoms with van der Waals surface area (Å²) in [6.07, 6.45) is 0. The van der Waals surface area contributed by atoms with Gasteiger partial charge in [-0.25, -0.2) is 17.6 Å². The van der Waals surface area contributed by atoms with Crippen LogP contribution in [-0.4, -0.2) is 6.54 Å². The van der Waals surface area contributed by atoms with Crippen molar-refractivity contribution in [2.24, 2.45) is 0 Å². The molecule has 1 unspecified atom stereocenters. The lowest BCUT2D eigenvalue weighted by molar-refractivity contribution is 0.496. The standard InChI is InChI=1S/C16H15F4N/c1-3-21-9(2)11-5-4-10(17)6-12(11)13-7-15(19)16(20)8-14(13)18/h4-9,21H,3H2,1-2H3. The molecule has 2 rings (SSSR count). The molecule has 2 aromatic rings. The quantitative estimate of drug-likeness (QED) is 0.643. The summed E-state index contributed by atoms with van der Waals surface area (Å²) in [7, 11) is 0. The molecule has 0 spiro atoms. The van der Waals surface area contributed by atoms with Crippen LogP contribution >= 0.6 is 0 Å². The van der Waals surface area contributed by atoms with Crippen LogP contribution in [0.5, 0.6) is 0 Å². The Labute approximate surface area is 120 Å². The van der Waals surface area contributed by atoms with Crippen molar-refractivity contribution in [3.63, 3.8) is 0 Å². The molecule has 0 saturated heterocycles. The largest absolute Gasteiger partial charge is 0.310 e. The molecule has 1 atom stereocenters. The fraction of sp³-hybridized carbons (Fsp3) is 0.250. The Hall–Kier alpha value is -1.88. The fourth-order valence-corrected chi connectivity index (χ4v) is 2.28. The van der Waals surface area contributed by atoms with E-state index in [0.717, 1.165) is 12.1 Å². The van der Waals surface area contributed by atoms with Gasteiger partial charge in [-0.2, -0.15) is 0 Å². The van der Waals surface area contributed by atoms with Gasteiger partial charge in [0.15, 0.2) is 11.6 Å². The van der Waals surface area contributed by atoms with Gasteiger partial charge >= 0.3 is 0 Å². The summed E-state index contributed by atoms with van der Waals surface area (Å²) in [6, 6.07) is 4.93. The monoisotopic (exact) mass is 297 g/mol. The summed E-state index contributed by atoms with van der Waals surface area (Å²) in [6.45, 7) is 4.40. The van der Waals surface area contributed by atoms with Crippen molar-refractivity contribution >= 4 is 0 Å². The van der Waals surface area contributed by atoms with Gasteiger partial charge in [0.1, 0.15) is 11.6 Å². The fourth-order valence-electron chi connectivity index (χ4n) is 2.28. The Morgan fingerprint density at radius 1 is 0.905 bits per heavy atom. The third kappa shape index (κ3) is 3.24. The maximum atomic E-state index is 13.9. The Morgan fingerprint density at radius 2 is 1.57 bits per heavy atom. The van der Waals surface area contributed by atoms with E-state index in [1.54, 1.807) is 0 Å². The minimum absolute atomic E-state index is 0.159. The van der Waals surface area contributed by atoms with E-state index in [2.05, 4.69) is 5.32 Å². The second-order valence-corrected chi connectivity index (χ2v) is 4.76. The van der Waals surface area contributed by atoms with Crippen molar-refractivity contribution in [1.82, 2.24) is 5.32 Å². The molecule has 5 heteroatoms. The van der Waals surface area contributed by atoms with Crippen molar-refractivity contribution in [3.05, 3.63) is 59.2 Å². The van der Waals surface area contributed by atoms with Crippen LogP contribution in [0.4, 0.5) is 17.6 Å². The van der Waals surface area contributed by atoms with Gasteiger partial charge in [-0.05, 0) is 42.8 Å². The third-order valence-corrected chi connectivity index (χ3v) is 3.29. The number of hydrogen-bond donors (Lipinski definition) is 1. The van der Waals surface area contributed by atoms with E-state index in [0.29, 0.717) is 18.2 Å². The normalized spacial score (nSPS) is 12.5. The van der Waals surface area contributed by atoms with E-state index in [1.165, 1.54) is 12.1 Å². The second-order valence-electron chi connectivity index (χ2n) is 4.76. The molecule has 0 aliphatic carbocycles. The summed E-state index contributed by atoms with van der Waals surface area (Å²) in [5, 5.41) is 3.12. The maximum Gasteiger partial charge on any atom is 0.161 e. The highest BCUT2D eigenvalue weighted by Gasteiger charge is 2.17. The van der Waals surface area contributed by atoms with Gasteiger partial charge in [0.25, 0.3) is 0 Å². The van der Waals surface area contributed by atoms with E-state index < -0.39 is 23.3 Å². The molecule has 0 aliphatic heterocycles. The van der Waals surface area contributed by atoms with Crippen LogP contribution < -0.4 is 5.32 Å². The first-order valence-electron chi connectivity index (χ1n) is 6.61. The summed E-state index contributed by atoms with van der Waals surface area (Å²) >= 11 is 0. The van der Waals surface area contributed by atoms with Crippen LogP contribution in [0, 0.1) is 23.3 Å². The number of nitrogens with one attached hydrogen (secondary N) is 1. The van der Waals surface area contributed by atoms with Crippen LogP contribution in [0.3, 0.4) is 0 Å². The molecule has 1 nitrogen and oxygen atoms in total. The molecule has 0 amide bonds. The summed E-state index contributed by atoms with van der Waals surface area (Å²) in [5.74, 6) is -3.93. The molecule has 0 aromatic heterocycles. The lowest BCUT2D eigenvalue weighted by Gasteiger charge is -2.18. The Bertz CT molecular complexity index is 655. The Kier molecular flexibility index (Phi) is 4.63. The topological polar surface area (TPSA) is 12.0 Å². The third-order valence-electron chi connectivity index (χ3n) is 3.29. The predicted molar refractivity (Wildman–Crippen MR) is 73.8 cm³/mol. The van der Waals surface area contributed by atoms with Gasteiger partial charge in [0.2, 0.25) is 0 Å². The summed E-state index contributed by atoms with van der Waals surface area (Å²) in [4.78, 5) is 0. The first kappa shape index (κ1) is 15.5. The van der Waals surface area contributed by atoms with Gasteiger partial charge < -0.3 is 5.32 Å². The molecule has 2 aromatic carbocycles. The zero-order valence-corrected chi connectivity index (χ0v) is 11.7. The lowest BCUT2D eigenvalue weighted by Crippen LogP contribution is -2.18. The smallest absolute Gasteiger partial charge is 0.161 e. The molecular weight excluding hydrogens is 282 g/mol. The van der Waals surface area contributed by atoms with Crippen LogP contribution in [-0.2, 0) is 0 Å². The van der Waals surface area contributed by atoms with E-state index in [1.807, 2.05) is 13.8 Å². The van der Waals surface area contributed by atoms with Crippen LogP contribution in [0.1, 0.15) is 25.5 Å². The van der Waals surface area contributed by atoms with Gasteiger partial charge in [-0.1, -0.05) is 13.0 Å². The zero-order valence-electron chi connectivity index (χ0n) is 11.7. The SMILES string of the molecule is CCNC(C)c1ccc(F)cc1-c1cc(F)c(F)cc1F. The van der Waals surface area contributed by atoms with E-state index in [9.17, 15) is 17.6 Å². The minimum Gasteiger partial charge on any atom is -0.310 e. The van der Waals surface area contributed by atoms with Crippen LogP contribution in [0.25, 0.3) is 11.1 Å². The highest BCUT2D eigenvalue weighted by molar-refractivity contribution is 5.69. The van der Waals surface area contributed by atoms with E-state index in [4.69, 9.17) is 0 Å².